The second-order valence-corrected chi connectivity index (χ2v) is 6.20. The summed E-state index contributed by atoms with van der Waals surface area (Å²) in [5.74, 6) is 1.62. The molecule has 1 fully saturated rings. The molecule has 3 heteroatoms. The molecule has 2 unspecified atom stereocenters. The van der Waals surface area contributed by atoms with Crippen molar-refractivity contribution in [2.75, 3.05) is 7.11 Å². The zero-order chi connectivity index (χ0) is 15.2. The maximum absolute atomic E-state index is 5.25. The molecule has 0 spiro atoms. The Balaban J connectivity index is 0.00000192. The summed E-state index contributed by atoms with van der Waals surface area (Å²) in [6.45, 7) is 0.973. The fourth-order valence-electron chi connectivity index (χ4n) is 3.41. The predicted octanol–water partition coefficient (Wildman–Crippen LogP) is 4.93. The van der Waals surface area contributed by atoms with Gasteiger partial charge in [-0.15, -0.1) is 12.4 Å². The van der Waals surface area contributed by atoms with Crippen LogP contribution in [0.15, 0.2) is 54.6 Å². The van der Waals surface area contributed by atoms with Crippen molar-refractivity contribution in [2.24, 2.45) is 0 Å². The van der Waals surface area contributed by atoms with Crippen LogP contribution >= 0.6 is 12.4 Å². The zero-order valence-corrected chi connectivity index (χ0v) is 14.5. The average Bonchev–Trinajstić information content (AvgIpc) is 2.61. The molecule has 3 rings (SSSR count). The molecule has 0 amide bonds. The van der Waals surface area contributed by atoms with Gasteiger partial charge in [0, 0.05) is 12.6 Å². The van der Waals surface area contributed by atoms with E-state index in [-0.39, 0.29) is 12.4 Å². The molecule has 2 aromatic rings. The van der Waals surface area contributed by atoms with E-state index in [1.807, 2.05) is 0 Å². The summed E-state index contributed by atoms with van der Waals surface area (Å²) in [6, 6.07) is 19.9. The highest BCUT2D eigenvalue weighted by atomic mass is 35.5. The molecule has 124 valence electrons. The Morgan fingerprint density at radius 2 is 1.74 bits per heavy atom. The van der Waals surface area contributed by atoms with Gasteiger partial charge in [0.1, 0.15) is 5.75 Å². The van der Waals surface area contributed by atoms with E-state index in [1.165, 1.54) is 36.8 Å². The lowest BCUT2D eigenvalue weighted by Gasteiger charge is -2.30. The van der Waals surface area contributed by atoms with Gasteiger partial charge in [0.2, 0.25) is 0 Å². The molecule has 1 aliphatic rings. The van der Waals surface area contributed by atoms with Crippen molar-refractivity contribution in [1.82, 2.24) is 5.32 Å². The molecule has 1 saturated carbocycles. The van der Waals surface area contributed by atoms with E-state index in [0.717, 1.165) is 12.3 Å². The first-order valence-electron chi connectivity index (χ1n) is 8.26. The molecular formula is C20H26ClNO. The molecule has 2 aromatic carbocycles. The smallest absolute Gasteiger partial charge is 0.118 e. The number of halogens is 1. The molecule has 0 heterocycles. The van der Waals surface area contributed by atoms with Gasteiger partial charge in [0.15, 0.2) is 0 Å². The number of methoxy groups -OCH3 is 1. The third-order valence-electron chi connectivity index (χ3n) is 4.70. The molecule has 23 heavy (non-hydrogen) atoms. The van der Waals surface area contributed by atoms with Crippen molar-refractivity contribution >= 4 is 12.4 Å². The van der Waals surface area contributed by atoms with Gasteiger partial charge >= 0.3 is 0 Å². The first-order valence-corrected chi connectivity index (χ1v) is 8.26. The maximum Gasteiger partial charge on any atom is 0.118 e. The standard InChI is InChI=1S/C20H25NO.ClH/c1-22-20-12-10-17(11-13-20)18-8-5-9-19(14-18)21-15-16-6-3-2-4-7-16;/h2-4,6-7,10-13,18-19,21H,5,8-9,14-15H2,1H3;1H. The molecular weight excluding hydrogens is 306 g/mol. The SMILES string of the molecule is COc1ccc(C2CCCC(NCc3ccccc3)C2)cc1.Cl. The predicted molar refractivity (Wildman–Crippen MR) is 98.5 cm³/mol. The summed E-state index contributed by atoms with van der Waals surface area (Å²) in [5.41, 5.74) is 2.82. The van der Waals surface area contributed by atoms with Crippen molar-refractivity contribution in [1.29, 1.82) is 0 Å². The number of nitrogens with one attached hydrogen (secondary N) is 1. The van der Waals surface area contributed by atoms with E-state index in [9.17, 15) is 0 Å². The maximum atomic E-state index is 5.25. The number of ether oxygens (including phenoxy) is 1. The lowest BCUT2D eigenvalue weighted by Crippen LogP contribution is -2.33. The highest BCUT2D eigenvalue weighted by Crippen LogP contribution is 2.33. The van der Waals surface area contributed by atoms with Crippen LogP contribution in [0.2, 0.25) is 0 Å². The number of benzene rings is 2. The van der Waals surface area contributed by atoms with Crippen LogP contribution in [0.5, 0.6) is 5.75 Å². The first-order chi connectivity index (χ1) is 10.8. The second-order valence-electron chi connectivity index (χ2n) is 6.20. The van der Waals surface area contributed by atoms with E-state index in [0.29, 0.717) is 12.0 Å². The molecule has 0 aromatic heterocycles. The van der Waals surface area contributed by atoms with E-state index < -0.39 is 0 Å². The third-order valence-corrected chi connectivity index (χ3v) is 4.70. The van der Waals surface area contributed by atoms with Gasteiger partial charge in [0.25, 0.3) is 0 Å². The van der Waals surface area contributed by atoms with Crippen molar-refractivity contribution in [3.8, 4) is 5.75 Å². The lowest BCUT2D eigenvalue weighted by molar-refractivity contribution is 0.338. The number of rotatable bonds is 5. The van der Waals surface area contributed by atoms with E-state index in [2.05, 4.69) is 59.9 Å². The largest absolute Gasteiger partial charge is 0.497 e. The molecule has 2 atom stereocenters. The van der Waals surface area contributed by atoms with Crippen LogP contribution in [0, 0.1) is 0 Å². The van der Waals surface area contributed by atoms with Gasteiger partial charge in [-0.25, -0.2) is 0 Å². The van der Waals surface area contributed by atoms with Crippen molar-refractivity contribution in [2.45, 2.75) is 44.2 Å². The van der Waals surface area contributed by atoms with Gasteiger partial charge in [-0.05, 0) is 48.4 Å². The second kappa shape index (κ2) is 8.95. The third kappa shape index (κ3) is 4.98. The topological polar surface area (TPSA) is 21.3 Å². The normalized spacial score (nSPS) is 20.6. The Hall–Kier alpha value is -1.51. The minimum absolute atomic E-state index is 0. The fraction of sp³-hybridized carbons (Fsp3) is 0.400. The van der Waals surface area contributed by atoms with Crippen molar-refractivity contribution in [3.05, 3.63) is 65.7 Å². The lowest BCUT2D eigenvalue weighted by atomic mass is 9.81. The summed E-state index contributed by atoms with van der Waals surface area (Å²) < 4.78 is 5.25. The molecule has 0 saturated heterocycles. The summed E-state index contributed by atoms with van der Waals surface area (Å²) in [6.07, 6.45) is 5.14. The molecule has 1 aliphatic carbocycles. The highest BCUT2D eigenvalue weighted by Gasteiger charge is 2.22. The summed E-state index contributed by atoms with van der Waals surface area (Å²) in [4.78, 5) is 0. The quantitative estimate of drug-likeness (QED) is 0.838. The van der Waals surface area contributed by atoms with Gasteiger partial charge < -0.3 is 10.1 Å². The summed E-state index contributed by atoms with van der Waals surface area (Å²) in [7, 11) is 1.72. The number of hydrogen-bond donors (Lipinski definition) is 1. The molecule has 1 N–H and O–H groups in total. The Bertz CT molecular complexity index is 570. The fourth-order valence-corrected chi connectivity index (χ4v) is 3.41. The molecule has 2 nitrogen and oxygen atoms in total. The van der Waals surface area contributed by atoms with Crippen LogP contribution in [0.3, 0.4) is 0 Å². The van der Waals surface area contributed by atoms with E-state index >= 15 is 0 Å². The monoisotopic (exact) mass is 331 g/mol. The molecule has 0 bridgehead atoms. The summed E-state index contributed by atoms with van der Waals surface area (Å²) in [5, 5.41) is 3.74. The van der Waals surface area contributed by atoms with E-state index in [4.69, 9.17) is 4.74 Å². The Morgan fingerprint density at radius 1 is 1.00 bits per heavy atom. The first kappa shape index (κ1) is 17.8. The highest BCUT2D eigenvalue weighted by molar-refractivity contribution is 5.85. The van der Waals surface area contributed by atoms with Gasteiger partial charge in [-0.2, -0.15) is 0 Å². The Kier molecular flexibility index (Phi) is 6.94. The van der Waals surface area contributed by atoms with E-state index in [1.54, 1.807) is 7.11 Å². The Labute approximate surface area is 145 Å². The van der Waals surface area contributed by atoms with Gasteiger partial charge in [-0.3, -0.25) is 0 Å². The molecule has 0 aliphatic heterocycles. The molecule has 0 radical (unpaired) electrons. The van der Waals surface area contributed by atoms with Crippen LogP contribution in [-0.4, -0.2) is 13.2 Å². The van der Waals surface area contributed by atoms with Crippen LogP contribution in [0.1, 0.15) is 42.7 Å². The zero-order valence-electron chi connectivity index (χ0n) is 13.7. The average molecular weight is 332 g/mol. The van der Waals surface area contributed by atoms with Crippen LogP contribution < -0.4 is 10.1 Å². The van der Waals surface area contributed by atoms with Gasteiger partial charge in [0.05, 0.1) is 7.11 Å². The van der Waals surface area contributed by atoms with Crippen molar-refractivity contribution in [3.63, 3.8) is 0 Å². The van der Waals surface area contributed by atoms with Gasteiger partial charge in [-0.1, -0.05) is 48.9 Å². The minimum atomic E-state index is 0. The van der Waals surface area contributed by atoms with Crippen molar-refractivity contribution < 1.29 is 4.74 Å². The minimum Gasteiger partial charge on any atom is -0.497 e. The van der Waals surface area contributed by atoms with Crippen LogP contribution in [-0.2, 0) is 6.54 Å². The Morgan fingerprint density at radius 3 is 2.43 bits per heavy atom. The summed E-state index contributed by atoms with van der Waals surface area (Å²) >= 11 is 0. The van der Waals surface area contributed by atoms with Crippen LogP contribution in [0.25, 0.3) is 0 Å². The van der Waals surface area contributed by atoms with Crippen LogP contribution in [0.4, 0.5) is 0 Å². The number of hydrogen-bond acceptors (Lipinski definition) is 2.